The molecule has 0 aromatic heterocycles. The zero-order chi connectivity index (χ0) is 15.0. The Kier molecular flexibility index (Phi) is 9.00. The highest BCUT2D eigenvalue weighted by atomic mass is 127. The number of halogens is 1. The molecule has 0 fully saturated rings. The number of hydrogen-bond donors (Lipinski definition) is 3. The van der Waals surface area contributed by atoms with E-state index in [1.165, 1.54) is 12.1 Å². The summed E-state index contributed by atoms with van der Waals surface area (Å²) < 4.78 is 22.3. The summed E-state index contributed by atoms with van der Waals surface area (Å²) in [6.45, 7) is 3.47. The number of rotatable bonds is 5. The number of nitrogens with one attached hydrogen (secondary N) is 2. The van der Waals surface area contributed by atoms with Crippen LogP contribution in [0.1, 0.15) is 12.5 Å². The van der Waals surface area contributed by atoms with Gasteiger partial charge in [0, 0.05) is 6.54 Å². The van der Waals surface area contributed by atoms with Gasteiger partial charge >= 0.3 is 0 Å². The predicted molar refractivity (Wildman–Crippen MR) is 94.9 cm³/mol. The highest BCUT2D eigenvalue weighted by Gasteiger charge is 2.06. The molecule has 0 heterocycles. The summed E-state index contributed by atoms with van der Waals surface area (Å²) in [6.07, 6.45) is 5.17. The molecule has 116 valence electrons. The highest BCUT2D eigenvalue weighted by molar-refractivity contribution is 14.0. The van der Waals surface area contributed by atoms with Crippen molar-refractivity contribution in [2.24, 2.45) is 10.1 Å². The lowest BCUT2D eigenvalue weighted by atomic mass is 10.2. The monoisotopic (exact) mass is 422 g/mol. The highest BCUT2D eigenvalue weighted by Crippen LogP contribution is 2.09. The minimum absolute atomic E-state index is 0. The van der Waals surface area contributed by atoms with Crippen LogP contribution >= 0.6 is 24.0 Å². The van der Waals surface area contributed by atoms with Crippen LogP contribution in [0.2, 0.25) is 0 Å². The first kappa shape index (κ1) is 19.7. The fraction of sp³-hybridized carbons (Fsp3) is 0.308. The standard InChI is InChI=1S/C13H18N4O2S.HI/c1-3-9-16-13(15-4-2)17-10-11-5-7-12(8-6-11)20(14,18)19;/h1,5-8H,4,9-10H2,2H3,(H2,14,18,19)(H2,15,16,17);1H. The van der Waals surface area contributed by atoms with Gasteiger partial charge in [-0.25, -0.2) is 18.5 Å². The SMILES string of the molecule is C#CCNC(=NCc1ccc(S(N)(=O)=O)cc1)NCC.I. The van der Waals surface area contributed by atoms with E-state index in [-0.39, 0.29) is 28.9 Å². The van der Waals surface area contributed by atoms with Crippen LogP contribution < -0.4 is 15.8 Å². The summed E-state index contributed by atoms with van der Waals surface area (Å²) in [5.74, 6) is 3.08. The molecule has 4 N–H and O–H groups in total. The Morgan fingerprint density at radius 3 is 2.43 bits per heavy atom. The second-order valence-corrected chi connectivity index (χ2v) is 5.50. The molecule has 1 rings (SSSR count). The van der Waals surface area contributed by atoms with E-state index in [1.54, 1.807) is 12.1 Å². The maximum Gasteiger partial charge on any atom is 0.238 e. The van der Waals surface area contributed by atoms with Crippen LogP contribution in [0.3, 0.4) is 0 Å². The number of terminal acetylenes is 1. The Balaban J connectivity index is 0.00000400. The molecule has 0 aliphatic heterocycles. The Bertz CT molecular complexity index is 606. The molecular formula is C13H19IN4O2S. The van der Waals surface area contributed by atoms with Crippen LogP contribution in [-0.4, -0.2) is 27.5 Å². The summed E-state index contributed by atoms with van der Waals surface area (Å²) in [4.78, 5) is 4.42. The van der Waals surface area contributed by atoms with Gasteiger partial charge in [-0.3, -0.25) is 0 Å². The maximum atomic E-state index is 11.1. The molecule has 0 spiro atoms. The first-order valence-corrected chi connectivity index (χ1v) is 7.59. The van der Waals surface area contributed by atoms with E-state index >= 15 is 0 Å². The average Bonchev–Trinajstić information content (AvgIpc) is 2.41. The summed E-state index contributed by atoms with van der Waals surface area (Å²) in [5, 5.41) is 11.0. The van der Waals surface area contributed by atoms with Gasteiger partial charge in [0.1, 0.15) is 0 Å². The van der Waals surface area contributed by atoms with Gasteiger partial charge < -0.3 is 10.6 Å². The minimum Gasteiger partial charge on any atom is -0.357 e. The third kappa shape index (κ3) is 7.31. The lowest BCUT2D eigenvalue weighted by Gasteiger charge is -2.08. The van der Waals surface area contributed by atoms with Gasteiger partial charge in [-0.1, -0.05) is 18.1 Å². The van der Waals surface area contributed by atoms with Crippen LogP contribution in [0.25, 0.3) is 0 Å². The lowest BCUT2D eigenvalue weighted by molar-refractivity contribution is 0.598. The van der Waals surface area contributed by atoms with Crippen molar-refractivity contribution in [1.29, 1.82) is 0 Å². The molecule has 8 heteroatoms. The molecule has 0 atom stereocenters. The van der Waals surface area contributed by atoms with E-state index in [0.717, 1.165) is 12.1 Å². The first-order chi connectivity index (χ1) is 9.47. The number of benzene rings is 1. The molecule has 0 radical (unpaired) electrons. The summed E-state index contributed by atoms with van der Waals surface area (Å²) in [6, 6.07) is 6.27. The van der Waals surface area contributed by atoms with Gasteiger partial charge in [0.05, 0.1) is 18.0 Å². The number of hydrogen-bond acceptors (Lipinski definition) is 3. The van der Waals surface area contributed by atoms with Crippen LogP contribution in [0, 0.1) is 12.3 Å². The first-order valence-electron chi connectivity index (χ1n) is 6.04. The van der Waals surface area contributed by atoms with Crippen molar-refractivity contribution in [1.82, 2.24) is 10.6 Å². The van der Waals surface area contributed by atoms with Gasteiger partial charge in [0.2, 0.25) is 10.0 Å². The molecule has 1 aromatic carbocycles. The number of nitrogens with two attached hydrogens (primary N) is 1. The maximum absolute atomic E-state index is 11.1. The molecule has 0 saturated carbocycles. The Morgan fingerprint density at radius 2 is 1.95 bits per heavy atom. The minimum atomic E-state index is -3.65. The molecule has 0 unspecified atom stereocenters. The quantitative estimate of drug-likeness (QED) is 0.281. The number of sulfonamides is 1. The molecule has 0 aliphatic carbocycles. The van der Waals surface area contributed by atoms with Crippen molar-refractivity contribution in [3.8, 4) is 12.3 Å². The van der Waals surface area contributed by atoms with Crippen molar-refractivity contribution in [3.05, 3.63) is 29.8 Å². The second-order valence-electron chi connectivity index (χ2n) is 3.94. The second kappa shape index (κ2) is 9.59. The van der Waals surface area contributed by atoms with Crippen molar-refractivity contribution in [2.45, 2.75) is 18.4 Å². The van der Waals surface area contributed by atoms with E-state index < -0.39 is 10.0 Å². The average molecular weight is 422 g/mol. The largest absolute Gasteiger partial charge is 0.357 e. The molecule has 21 heavy (non-hydrogen) atoms. The lowest BCUT2D eigenvalue weighted by Crippen LogP contribution is -2.37. The summed E-state index contributed by atoms with van der Waals surface area (Å²) >= 11 is 0. The van der Waals surface area contributed by atoms with Crippen LogP contribution in [0.15, 0.2) is 34.2 Å². The van der Waals surface area contributed by atoms with E-state index in [4.69, 9.17) is 11.6 Å². The Labute approximate surface area is 142 Å². The number of nitrogens with zero attached hydrogens (tertiary/aromatic N) is 1. The summed E-state index contributed by atoms with van der Waals surface area (Å²) in [5.41, 5.74) is 0.871. The fourth-order valence-electron chi connectivity index (χ4n) is 1.43. The number of aliphatic imine (C=N–C) groups is 1. The van der Waals surface area contributed by atoms with E-state index in [2.05, 4.69) is 21.5 Å². The van der Waals surface area contributed by atoms with Crippen LogP contribution in [0.4, 0.5) is 0 Å². The van der Waals surface area contributed by atoms with Crippen molar-refractivity contribution in [3.63, 3.8) is 0 Å². The smallest absolute Gasteiger partial charge is 0.238 e. The van der Waals surface area contributed by atoms with Gasteiger partial charge in [-0.05, 0) is 24.6 Å². The van der Waals surface area contributed by atoms with Crippen molar-refractivity contribution in [2.75, 3.05) is 13.1 Å². The normalized spacial score (nSPS) is 11.2. The number of guanidine groups is 1. The van der Waals surface area contributed by atoms with Gasteiger partial charge in [-0.15, -0.1) is 30.4 Å². The van der Waals surface area contributed by atoms with Gasteiger partial charge in [0.25, 0.3) is 0 Å². The summed E-state index contributed by atoms with van der Waals surface area (Å²) in [7, 11) is -3.65. The van der Waals surface area contributed by atoms with Gasteiger partial charge in [-0.2, -0.15) is 0 Å². The van der Waals surface area contributed by atoms with E-state index in [1.807, 2.05) is 6.92 Å². The zero-order valence-corrected chi connectivity index (χ0v) is 14.8. The molecule has 1 aromatic rings. The molecule has 0 aliphatic rings. The molecule has 6 nitrogen and oxygen atoms in total. The van der Waals surface area contributed by atoms with E-state index in [9.17, 15) is 8.42 Å². The Morgan fingerprint density at radius 1 is 1.33 bits per heavy atom. The topological polar surface area (TPSA) is 96.6 Å². The Hall–Kier alpha value is -1.31. The molecule has 0 saturated heterocycles. The zero-order valence-electron chi connectivity index (χ0n) is 11.7. The third-order valence-electron chi connectivity index (χ3n) is 2.37. The fourth-order valence-corrected chi connectivity index (χ4v) is 1.95. The molecular weight excluding hydrogens is 403 g/mol. The van der Waals surface area contributed by atoms with E-state index in [0.29, 0.717) is 19.0 Å². The molecule has 0 amide bonds. The van der Waals surface area contributed by atoms with Gasteiger partial charge in [0.15, 0.2) is 5.96 Å². The van der Waals surface area contributed by atoms with Crippen molar-refractivity contribution < 1.29 is 8.42 Å². The number of primary sulfonamides is 1. The predicted octanol–water partition coefficient (Wildman–Crippen LogP) is 0.640. The van der Waals surface area contributed by atoms with Crippen molar-refractivity contribution >= 4 is 40.0 Å². The third-order valence-corrected chi connectivity index (χ3v) is 3.30. The molecule has 0 bridgehead atoms. The van der Waals surface area contributed by atoms with Crippen LogP contribution in [-0.2, 0) is 16.6 Å². The van der Waals surface area contributed by atoms with Crippen LogP contribution in [0.5, 0.6) is 0 Å².